The second-order valence-corrected chi connectivity index (χ2v) is 8.10. The number of nitrogens with zero attached hydrogens (tertiary/aromatic N) is 2. The SMILES string of the molecule is CCCC(=O)NCCN1CCN(S(=O)(=O)c2ccc(C)cc2)CC1.Cl. The summed E-state index contributed by atoms with van der Waals surface area (Å²) in [4.78, 5) is 14.0. The third-order valence-electron chi connectivity index (χ3n) is 4.22. The zero-order valence-corrected chi connectivity index (χ0v) is 16.5. The van der Waals surface area contributed by atoms with Crippen LogP contribution < -0.4 is 5.32 Å². The predicted octanol–water partition coefficient (Wildman–Crippen LogP) is 1.64. The predicted molar refractivity (Wildman–Crippen MR) is 102 cm³/mol. The fraction of sp³-hybridized carbons (Fsp3) is 0.588. The van der Waals surface area contributed by atoms with E-state index < -0.39 is 10.0 Å². The number of nitrogens with one attached hydrogen (secondary N) is 1. The van der Waals surface area contributed by atoms with Crippen molar-refractivity contribution < 1.29 is 13.2 Å². The molecule has 25 heavy (non-hydrogen) atoms. The van der Waals surface area contributed by atoms with Gasteiger partial charge >= 0.3 is 0 Å². The van der Waals surface area contributed by atoms with Crippen molar-refractivity contribution in [3.05, 3.63) is 29.8 Å². The summed E-state index contributed by atoms with van der Waals surface area (Å²) >= 11 is 0. The Kier molecular flexibility index (Phi) is 8.85. The molecular formula is C17H28ClN3O3S. The van der Waals surface area contributed by atoms with Crippen LogP contribution in [0.15, 0.2) is 29.2 Å². The number of aryl methyl sites for hydroxylation is 1. The molecule has 0 radical (unpaired) electrons. The Hall–Kier alpha value is -1.15. The van der Waals surface area contributed by atoms with Crippen LogP contribution in [0.5, 0.6) is 0 Å². The fourth-order valence-electron chi connectivity index (χ4n) is 2.72. The van der Waals surface area contributed by atoms with Gasteiger partial charge in [-0.15, -0.1) is 12.4 Å². The topological polar surface area (TPSA) is 69.7 Å². The Labute approximate surface area is 157 Å². The highest BCUT2D eigenvalue weighted by Crippen LogP contribution is 2.18. The number of carbonyl (C=O) groups excluding carboxylic acids is 1. The van der Waals surface area contributed by atoms with E-state index in [0.29, 0.717) is 44.0 Å². The molecule has 0 atom stereocenters. The molecule has 0 bridgehead atoms. The maximum Gasteiger partial charge on any atom is 0.243 e. The number of sulfonamides is 1. The zero-order chi connectivity index (χ0) is 17.6. The number of hydrogen-bond donors (Lipinski definition) is 1. The van der Waals surface area contributed by atoms with Crippen molar-refractivity contribution >= 4 is 28.3 Å². The highest BCUT2D eigenvalue weighted by molar-refractivity contribution is 7.89. The molecule has 1 amide bonds. The molecule has 1 saturated heterocycles. The standard InChI is InChI=1S/C17H27N3O3S.ClH/c1-3-4-17(21)18-9-10-19-11-13-20(14-12-19)24(22,23)16-7-5-15(2)6-8-16;/h5-8H,3-4,9-14H2,1-2H3,(H,18,21);1H. The van der Waals surface area contributed by atoms with Crippen LogP contribution in [0.25, 0.3) is 0 Å². The zero-order valence-electron chi connectivity index (χ0n) is 14.9. The number of amides is 1. The summed E-state index contributed by atoms with van der Waals surface area (Å²) in [5.74, 6) is 0.0816. The number of halogens is 1. The fourth-order valence-corrected chi connectivity index (χ4v) is 4.14. The van der Waals surface area contributed by atoms with Gasteiger partial charge in [-0.05, 0) is 25.5 Å². The van der Waals surface area contributed by atoms with Crippen molar-refractivity contribution in [2.24, 2.45) is 0 Å². The summed E-state index contributed by atoms with van der Waals surface area (Å²) < 4.78 is 26.8. The second kappa shape index (κ2) is 10.1. The summed E-state index contributed by atoms with van der Waals surface area (Å²) in [5.41, 5.74) is 1.05. The van der Waals surface area contributed by atoms with Crippen LogP contribution in [0.4, 0.5) is 0 Å². The highest BCUT2D eigenvalue weighted by atomic mass is 35.5. The summed E-state index contributed by atoms with van der Waals surface area (Å²) in [7, 11) is -3.41. The molecule has 0 spiro atoms. The molecule has 0 aromatic heterocycles. The van der Waals surface area contributed by atoms with Crippen molar-refractivity contribution in [2.45, 2.75) is 31.6 Å². The Morgan fingerprint density at radius 1 is 1.12 bits per heavy atom. The van der Waals surface area contributed by atoms with E-state index in [1.165, 1.54) is 0 Å². The van der Waals surface area contributed by atoms with E-state index in [9.17, 15) is 13.2 Å². The van der Waals surface area contributed by atoms with Gasteiger partial charge in [0.2, 0.25) is 15.9 Å². The van der Waals surface area contributed by atoms with E-state index in [2.05, 4.69) is 10.2 Å². The van der Waals surface area contributed by atoms with Gasteiger partial charge in [0.25, 0.3) is 0 Å². The van der Waals surface area contributed by atoms with Crippen LogP contribution in [0.1, 0.15) is 25.3 Å². The first-order chi connectivity index (χ1) is 11.4. The molecule has 0 aliphatic carbocycles. The van der Waals surface area contributed by atoms with E-state index >= 15 is 0 Å². The van der Waals surface area contributed by atoms with Gasteiger partial charge in [0.15, 0.2) is 0 Å². The normalized spacial score (nSPS) is 16.2. The lowest BCUT2D eigenvalue weighted by Crippen LogP contribution is -2.50. The summed E-state index contributed by atoms with van der Waals surface area (Å²) in [5, 5.41) is 2.89. The minimum atomic E-state index is -3.41. The van der Waals surface area contributed by atoms with Crippen LogP contribution in [0.2, 0.25) is 0 Å². The molecule has 142 valence electrons. The molecule has 1 N–H and O–H groups in total. The molecule has 0 saturated carbocycles. The molecule has 1 aromatic rings. The highest BCUT2D eigenvalue weighted by Gasteiger charge is 2.28. The quantitative estimate of drug-likeness (QED) is 0.769. The largest absolute Gasteiger partial charge is 0.355 e. The Bertz CT molecular complexity index is 642. The minimum absolute atomic E-state index is 0. The minimum Gasteiger partial charge on any atom is -0.355 e. The smallest absolute Gasteiger partial charge is 0.243 e. The molecule has 1 aromatic carbocycles. The molecule has 8 heteroatoms. The number of benzene rings is 1. The van der Waals surface area contributed by atoms with Gasteiger partial charge in [0.05, 0.1) is 4.90 Å². The lowest BCUT2D eigenvalue weighted by Gasteiger charge is -2.34. The van der Waals surface area contributed by atoms with Crippen LogP contribution in [-0.2, 0) is 14.8 Å². The van der Waals surface area contributed by atoms with E-state index in [4.69, 9.17) is 0 Å². The maximum atomic E-state index is 12.6. The van der Waals surface area contributed by atoms with Gasteiger partial charge in [-0.2, -0.15) is 4.31 Å². The summed E-state index contributed by atoms with van der Waals surface area (Å²) in [6.45, 7) is 7.64. The Balaban J connectivity index is 0.00000312. The van der Waals surface area contributed by atoms with Gasteiger partial charge in [-0.1, -0.05) is 24.6 Å². The van der Waals surface area contributed by atoms with Crippen molar-refractivity contribution in [3.63, 3.8) is 0 Å². The van der Waals surface area contributed by atoms with E-state index in [1.807, 2.05) is 26.0 Å². The van der Waals surface area contributed by atoms with E-state index in [0.717, 1.165) is 18.5 Å². The first kappa shape index (κ1) is 21.9. The van der Waals surface area contributed by atoms with Crippen molar-refractivity contribution in [2.75, 3.05) is 39.3 Å². The second-order valence-electron chi connectivity index (χ2n) is 6.16. The monoisotopic (exact) mass is 389 g/mol. The molecule has 1 fully saturated rings. The molecule has 2 rings (SSSR count). The van der Waals surface area contributed by atoms with Gasteiger partial charge in [-0.25, -0.2) is 8.42 Å². The summed E-state index contributed by atoms with van der Waals surface area (Å²) in [6, 6.07) is 6.98. The number of piperazine rings is 1. The third kappa shape index (κ3) is 6.26. The molecule has 1 aliphatic rings. The lowest BCUT2D eigenvalue weighted by atomic mass is 10.2. The first-order valence-corrected chi connectivity index (χ1v) is 9.93. The van der Waals surface area contributed by atoms with Crippen LogP contribution in [0.3, 0.4) is 0 Å². The van der Waals surface area contributed by atoms with Crippen LogP contribution in [-0.4, -0.2) is 62.8 Å². The lowest BCUT2D eigenvalue weighted by molar-refractivity contribution is -0.121. The van der Waals surface area contributed by atoms with Crippen molar-refractivity contribution in [1.29, 1.82) is 0 Å². The molecule has 6 nitrogen and oxygen atoms in total. The number of hydrogen-bond acceptors (Lipinski definition) is 4. The van der Waals surface area contributed by atoms with Gasteiger partial charge in [-0.3, -0.25) is 9.69 Å². The molecule has 1 heterocycles. The third-order valence-corrected chi connectivity index (χ3v) is 6.13. The summed E-state index contributed by atoms with van der Waals surface area (Å²) in [6.07, 6.45) is 1.41. The number of carbonyl (C=O) groups is 1. The number of rotatable bonds is 7. The maximum absolute atomic E-state index is 12.6. The van der Waals surface area contributed by atoms with E-state index in [1.54, 1.807) is 16.4 Å². The average Bonchev–Trinajstić information content (AvgIpc) is 2.56. The van der Waals surface area contributed by atoms with Gasteiger partial charge in [0, 0.05) is 45.7 Å². The Morgan fingerprint density at radius 2 is 1.72 bits per heavy atom. The van der Waals surface area contributed by atoms with E-state index in [-0.39, 0.29) is 18.3 Å². The molecule has 0 unspecified atom stereocenters. The average molecular weight is 390 g/mol. The van der Waals surface area contributed by atoms with Gasteiger partial charge in [0.1, 0.15) is 0 Å². The van der Waals surface area contributed by atoms with Crippen LogP contribution in [0, 0.1) is 6.92 Å². The Morgan fingerprint density at radius 3 is 2.28 bits per heavy atom. The first-order valence-electron chi connectivity index (χ1n) is 8.49. The van der Waals surface area contributed by atoms with Crippen molar-refractivity contribution in [1.82, 2.24) is 14.5 Å². The van der Waals surface area contributed by atoms with Crippen molar-refractivity contribution in [3.8, 4) is 0 Å². The van der Waals surface area contributed by atoms with Crippen LogP contribution >= 0.6 is 12.4 Å². The molecular weight excluding hydrogens is 362 g/mol. The molecule has 1 aliphatic heterocycles. The van der Waals surface area contributed by atoms with Gasteiger partial charge < -0.3 is 5.32 Å².